The molecule has 8 nitrogen and oxygen atoms in total. The van der Waals surface area contributed by atoms with Gasteiger partial charge in [-0.3, -0.25) is 4.79 Å². The number of aromatic nitrogens is 3. The van der Waals surface area contributed by atoms with Crippen molar-refractivity contribution in [2.75, 3.05) is 7.11 Å². The monoisotopic (exact) mass is 404 g/mol. The molecule has 0 amide bonds. The van der Waals surface area contributed by atoms with Gasteiger partial charge in [0.05, 0.1) is 24.2 Å². The van der Waals surface area contributed by atoms with Gasteiger partial charge < -0.3 is 14.3 Å². The lowest BCUT2D eigenvalue weighted by Crippen LogP contribution is -2.32. The van der Waals surface area contributed by atoms with Gasteiger partial charge in [0, 0.05) is 22.2 Å². The molecule has 0 spiro atoms. The van der Waals surface area contributed by atoms with Crippen LogP contribution in [0.1, 0.15) is 24.2 Å². The second-order valence-electron chi connectivity index (χ2n) is 6.92. The first-order chi connectivity index (χ1) is 14.4. The summed E-state index contributed by atoms with van der Waals surface area (Å²) >= 11 is 0. The summed E-state index contributed by atoms with van der Waals surface area (Å²) in [5.74, 6) is -0.371. The topological polar surface area (TPSA) is 98.4 Å². The van der Waals surface area contributed by atoms with Crippen LogP contribution in [0, 0.1) is 6.92 Å². The van der Waals surface area contributed by atoms with Crippen molar-refractivity contribution in [1.82, 2.24) is 14.2 Å². The molecule has 0 unspecified atom stereocenters. The standard InChI is InChI=1S/C22H20N4O4/c1-13-17(15-8-5-7-11-19(15)25(13)14(2)21(28)30-3)12-23-26-20(27)16-9-4-6-10-18(16)24-22(26)29/h4-12,14H,1-3H3,(H,24,29)/t14-/m0/s1. The van der Waals surface area contributed by atoms with Gasteiger partial charge in [0.25, 0.3) is 5.56 Å². The van der Waals surface area contributed by atoms with Gasteiger partial charge in [0.15, 0.2) is 0 Å². The highest BCUT2D eigenvalue weighted by Crippen LogP contribution is 2.28. The van der Waals surface area contributed by atoms with Gasteiger partial charge in [0.2, 0.25) is 0 Å². The summed E-state index contributed by atoms with van der Waals surface area (Å²) in [5, 5.41) is 5.40. The smallest absolute Gasteiger partial charge is 0.349 e. The maximum atomic E-state index is 12.7. The third-order valence-electron chi connectivity index (χ3n) is 5.22. The minimum atomic E-state index is -0.626. The summed E-state index contributed by atoms with van der Waals surface area (Å²) in [7, 11) is 1.35. The number of benzene rings is 2. The molecule has 2 heterocycles. The largest absolute Gasteiger partial charge is 0.467 e. The van der Waals surface area contributed by atoms with Gasteiger partial charge in [-0.05, 0) is 32.0 Å². The Morgan fingerprint density at radius 1 is 1.10 bits per heavy atom. The molecule has 1 atom stereocenters. The lowest BCUT2D eigenvalue weighted by Gasteiger charge is -2.15. The molecule has 0 fully saturated rings. The molecule has 8 heteroatoms. The second kappa shape index (κ2) is 7.47. The fraction of sp³-hybridized carbons (Fsp3) is 0.182. The van der Waals surface area contributed by atoms with Crippen LogP contribution in [-0.4, -0.2) is 33.5 Å². The van der Waals surface area contributed by atoms with Crippen molar-refractivity contribution in [1.29, 1.82) is 0 Å². The van der Waals surface area contributed by atoms with E-state index in [1.165, 1.54) is 13.3 Å². The summed E-state index contributed by atoms with van der Waals surface area (Å²) in [6, 6.07) is 13.8. The molecule has 0 saturated carbocycles. The number of para-hydroxylation sites is 2. The predicted molar refractivity (Wildman–Crippen MR) is 115 cm³/mol. The Morgan fingerprint density at radius 2 is 1.77 bits per heavy atom. The number of H-pyrrole nitrogens is 1. The molecule has 4 rings (SSSR count). The average Bonchev–Trinajstić information content (AvgIpc) is 3.03. The molecule has 0 aliphatic rings. The molecule has 0 saturated heterocycles. The Bertz CT molecular complexity index is 1420. The number of esters is 1. The fourth-order valence-corrected chi connectivity index (χ4v) is 3.73. The van der Waals surface area contributed by atoms with E-state index < -0.39 is 17.3 Å². The summed E-state index contributed by atoms with van der Waals surface area (Å²) < 4.78 is 7.56. The minimum Gasteiger partial charge on any atom is -0.467 e. The van der Waals surface area contributed by atoms with Crippen LogP contribution >= 0.6 is 0 Å². The third kappa shape index (κ3) is 3.02. The zero-order valence-electron chi connectivity index (χ0n) is 16.7. The van der Waals surface area contributed by atoms with Gasteiger partial charge in [-0.1, -0.05) is 30.3 Å². The van der Waals surface area contributed by atoms with Crippen LogP contribution in [0.15, 0.2) is 63.2 Å². The van der Waals surface area contributed by atoms with Crippen LogP contribution in [0.2, 0.25) is 0 Å². The molecular formula is C22H20N4O4. The number of ether oxygens (including phenoxy) is 1. The van der Waals surface area contributed by atoms with E-state index in [0.29, 0.717) is 16.5 Å². The Labute approximate surface area is 171 Å². The third-order valence-corrected chi connectivity index (χ3v) is 5.22. The number of hydrogen-bond acceptors (Lipinski definition) is 5. The minimum absolute atomic E-state index is 0.368. The van der Waals surface area contributed by atoms with Crippen molar-refractivity contribution in [3.8, 4) is 0 Å². The number of hydrogen-bond donors (Lipinski definition) is 1. The van der Waals surface area contributed by atoms with E-state index in [4.69, 9.17) is 4.74 Å². The lowest BCUT2D eigenvalue weighted by molar-refractivity contribution is -0.143. The van der Waals surface area contributed by atoms with E-state index in [0.717, 1.165) is 21.3 Å². The van der Waals surface area contributed by atoms with Crippen molar-refractivity contribution >= 4 is 34.0 Å². The maximum Gasteiger partial charge on any atom is 0.349 e. The molecule has 0 aliphatic heterocycles. The van der Waals surface area contributed by atoms with Crippen LogP contribution in [0.4, 0.5) is 0 Å². The molecule has 4 aromatic rings. The van der Waals surface area contributed by atoms with E-state index in [1.54, 1.807) is 31.2 Å². The highest BCUT2D eigenvalue weighted by molar-refractivity contribution is 6.01. The normalized spacial score (nSPS) is 12.6. The van der Waals surface area contributed by atoms with E-state index in [2.05, 4.69) is 10.1 Å². The summed E-state index contributed by atoms with van der Waals surface area (Å²) in [6.07, 6.45) is 1.48. The van der Waals surface area contributed by atoms with Gasteiger partial charge in [-0.25, -0.2) is 9.59 Å². The Morgan fingerprint density at radius 3 is 2.50 bits per heavy atom. The number of carbonyl (C=O) groups is 1. The fourth-order valence-electron chi connectivity index (χ4n) is 3.73. The molecule has 0 bridgehead atoms. The number of nitrogens with one attached hydrogen (secondary N) is 1. The molecule has 152 valence electrons. The number of carbonyl (C=O) groups excluding carboxylic acids is 1. The number of fused-ring (bicyclic) bond motifs is 2. The Hall–Kier alpha value is -3.94. The first kappa shape index (κ1) is 19.4. The first-order valence-corrected chi connectivity index (χ1v) is 9.39. The van der Waals surface area contributed by atoms with Crippen LogP contribution < -0.4 is 11.2 Å². The van der Waals surface area contributed by atoms with Gasteiger partial charge in [-0.2, -0.15) is 5.10 Å². The zero-order valence-corrected chi connectivity index (χ0v) is 16.7. The van der Waals surface area contributed by atoms with E-state index in [-0.39, 0.29) is 5.97 Å². The Balaban J connectivity index is 1.90. The van der Waals surface area contributed by atoms with Gasteiger partial charge in [0.1, 0.15) is 6.04 Å². The predicted octanol–water partition coefficient (Wildman–Crippen LogP) is 2.57. The Kier molecular flexibility index (Phi) is 4.83. The number of rotatable bonds is 4. The van der Waals surface area contributed by atoms with Crippen LogP contribution in [0.25, 0.3) is 21.8 Å². The van der Waals surface area contributed by atoms with Crippen molar-refractivity contribution in [3.05, 3.63) is 80.6 Å². The van der Waals surface area contributed by atoms with Crippen molar-refractivity contribution in [2.24, 2.45) is 5.10 Å². The molecule has 2 aromatic heterocycles. The van der Waals surface area contributed by atoms with Gasteiger partial charge >= 0.3 is 11.7 Å². The van der Waals surface area contributed by atoms with E-state index >= 15 is 0 Å². The van der Waals surface area contributed by atoms with Crippen molar-refractivity contribution in [3.63, 3.8) is 0 Å². The molecule has 0 aliphatic carbocycles. The van der Waals surface area contributed by atoms with Crippen molar-refractivity contribution in [2.45, 2.75) is 19.9 Å². The average molecular weight is 404 g/mol. The SMILES string of the molecule is COC(=O)[C@H](C)n1c(C)c(C=Nn2c(=O)[nH]c3ccccc3c2=O)c2ccccc21. The highest BCUT2D eigenvalue weighted by Gasteiger charge is 2.22. The van der Waals surface area contributed by atoms with Gasteiger partial charge in [-0.15, -0.1) is 4.68 Å². The summed E-state index contributed by atoms with van der Waals surface area (Å²) in [4.78, 5) is 39.9. The molecule has 0 radical (unpaired) electrons. The maximum absolute atomic E-state index is 12.7. The number of nitrogens with zero attached hydrogens (tertiary/aromatic N) is 3. The van der Waals surface area contributed by atoms with E-state index in [1.807, 2.05) is 35.8 Å². The van der Waals surface area contributed by atoms with Crippen LogP contribution in [-0.2, 0) is 9.53 Å². The quantitative estimate of drug-likeness (QED) is 0.417. The number of aromatic amines is 1. The summed E-state index contributed by atoms with van der Waals surface area (Å²) in [6.45, 7) is 3.61. The summed E-state index contributed by atoms with van der Waals surface area (Å²) in [5.41, 5.74) is 1.63. The molecular weight excluding hydrogens is 384 g/mol. The zero-order chi connectivity index (χ0) is 21.4. The van der Waals surface area contributed by atoms with E-state index in [9.17, 15) is 14.4 Å². The second-order valence-corrected chi connectivity index (χ2v) is 6.92. The van der Waals surface area contributed by atoms with Crippen molar-refractivity contribution < 1.29 is 9.53 Å². The number of methoxy groups -OCH3 is 1. The highest BCUT2D eigenvalue weighted by atomic mass is 16.5. The lowest BCUT2D eigenvalue weighted by atomic mass is 10.1. The van der Waals surface area contributed by atoms with Crippen LogP contribution in [0.3, 0.4) is 0 Å². The van der Waals surface area contributed by atoms with Crippen LogP contribution in [0.5, 0.6) is 0 Å². The molecule has 2 aromatic carbocycles. The molecule has 30 heavy (non-hydrogen) atoms. The first-order valence-electron chi connectivity index (χ1n) is 9.39. The molecule has 1 N–H and O–H groups in total.